The number of phenolic OH excluding ortho intramolecular Hbond substituents is 1. The van der Waals surface area contributed by atoms with Crippen LogP contribution in [0, 0.1) is 6.92 Å². The summed E-state index contributed by atoms with van der Waals surface area (Å²) in [6.45, 7) is 5.60. The number of Topliss-reactive ketones (excluding diaryl/α,β-unsaturated/α-hetero) is 1. The highest BCUT2D eigenvalue weighted by atomic mass is 16.5. The molecule has 0 unspecified atom stereocenters. The number of esters is 1. The lowest BCUT2D eigenvalue weighted by Crippen LogP contribution is -2.24. The molecule has 2 rings (SSSR count). The smallest absolute Gasteiger partial charge is 0.342 e. The van der Waals surface area contributed by atoms with Gasteiger partial charge < -0.3 is 14.6 Å². The Balaban J connectivity index is 2.08. The molecule has 0 aliphatic rings. The van der Waals surface area contributed by atoms with E-state index in [9.17, 15) is 14.7 Å². The summed E-state index contributed by atoms with van der Waals surface area (Å²) in [5.74, 6) is -0.520. The monoisotopic (exact) mass is 328 g/mol. The molecule has 1 atom stereocenters. The van der Waals surface area contributed by atoms with Crippen molar-refractivity contribution in [3.8, 4) is 11.5 Å². The lowest BCUT2D eigenvalue weighted by atomic mass is 10.1. The van der Waals surface area contributed by atoms with Gasteiger partial charge in [0.05, 0.1) is 6.61 Å². The number of hydrogen-bond donors (Lipinski definition) is 1. The van der Waals surface area contributed by atoms with E-state index in [1.54, 1.807) is 43.3 Å². The molecule has 0 aliphatic heterocycles. The van der Waals surface area contributed by atoms with Crippen molar-refractivity contribution in [2.45, 2.75) is 26.9 Å². The zero-order chi connectivity index (χ0) is 17.7. The average Bonchev–Trinajstić information content (AvgIpc) is 2.57. The van der Waals surface area contributed by atoms with E-state index in [2.05, 4.69) is 0 Å². The van der Waals surface area contributed by atoms with Crippen LogP contribution in [0.4, 0.5) is 0 Å². The number of carbonyl (C=O) groups is 2. The van der Waals surface area contributed by atoms with Gasteiger partial charge in [0.2, 0.25) is 5.78 Å². The number of para-hydroxylation sites is 1. The molecule has 0 saturated carbocycles. The number of hydrogen-bond acceptors (Lipinski definition) is 5. The molecule has 1 N–H and O–H groups in total. The Morgan fingerprint density at radius 2 is 1.79 bits per heavy atom. The molecular weight excluding hydrogens is 308 g/mol. The molecule has 126 valence electrons. The Labute approximate surface area is 140 Å². The zero-order valence-electron chi connectivity index (χ0n) is 13.9. The van der Waals surface area contributed by atoms with E-state index in [1.807, 2.05) is 6.92 Å². The van der Waals surface area contributed by atoms with Gasteiger partial charge >= 0.3 is 5.97 Å². The van der Waals surface area contributed by atoms with Crippen LogP contribution in [0.1, 0.15) is 40.1 Å². The number of benzene rings is 2. The van der Waals surface area contributed by atoms with Gasteiger partial charge in [-0.2, -0.15) is 0 Å². The number of rotatable bonds is 6. The fourth-order valence-electron chi connectivity index (χ4n) is 2.22. The van der Waals surface area contributed by atoms with Gasteiger partial charge in [0.15, 0.2) is 6.10 Å². The van der Waals surface area contributed by atoms with Gasteiger partial charge in [0.1, 0.15) is 17.1 Å². The molecule has 0 spiro atoms. The third-order valence-electron chi connectivity index (χ3n) is 3.56. The van der Waals surface area contributed by atoms with Crippen molar-refractivity contribution in [2.24, 2.45) is 0 Å². The largest absolute Gasteiger partial charge is 0.507 e. The number of aryl methyl sites for hydroxylation is 1. The SMILES string of the molecule is CCOc1ccc(C(=O)[C@@H](C)OC(=O)c2cccc(C)c2O)cc1. The summed E-state index contributed by atoms with van der Waals surface area (Å²) in [5.41, 5.74) is 1.03. The lowest BCUT2D eigenvalue weighted by Gasteiger charge is -2.14. The first-order valence-electron chi connectivity index (χ1n) is 7.70. The van der Waals surface area contributed by atoms with Gasteiger partial charge in [-0.05, 0) is 56.7 Å². The third-order valence-corrected chi connectivity index (χ3v) is 3.56. The van der Waals surface area contributed by atoms with Crippen molar-refractivity contribution in [2.75, 3.05) is 6.61 Å². The van der Waals surface area contributed by atoms with Gasteiger partial charge in [-0.1, -0.05) is 12.1 Å². The van der Waals surface area contributed by atoms with Crippen molar-refractivity contribution < 1.29 is 24.2 Å². The summed E-state index contributed by atoms with van der Waals surface area (Å²) >= 11 is 0. The summed E-state index contributed by atoms with van der Waals surface area (Å²) in [5, 5.41) is 9.92. The predicted octanol–water partition coefficient (Wildman–Crippen LogP) is 3.53. The summed E-state index contributed by atoms with van der Waals surface area (Å²) < 4.78 is 10.5. The molecule has 0 heterocycles. The maximum absolute atomic E-state index is 12.4. The molecule has 2 aromatic rings. The highest BCUT2D eigenvalue weighted by Gasteiger charge is 2.22. The third kappa shape index (κ3) is 3.93. The first-order chi connectivity index (χ1) is 11.4. The predicted molar refractivity (Wildman–Crippen MR) is 89.7 cm³/mol. The van der Waals surface area contributed by atoms with Crippen molar-refractivity contribution in [3.05, 3.63) is 59.2 Å². The summed E-state index contributed by atoms with van der Waals surface area (Å²) in [7, 11) is 0. The second-order valence-corrected chi connectivity index (χ2v) is 5.34. The quantitative estimate of drug-likeness (QED) is 0.649. The number of carbonyl (C=O) groups excluding carboxylic acids is 2. The number of ether oxygens (including phenoxy) is 2. The van der Waals surface area contributed by atoms with E-state index < -0.39 is 12.1 Å². The van der Waals surface area contributed by atoms with Crippen molar-refractivity contribution in [1.82, 2.24) is 0 Å². The van der Waals surface area contributed by atoms with Crippen LogP contribution in [0.2, 0.25) is 0 Å². The van der Waals surface area contributed by atoms with Crippen molar-refractivity contribution in [1.29, 1.82) is 0 Å². The fraction of sp³-hybridized carbons (Fsp3) is 0.263. The van der Waals surface area contributed by atoms with Crippen LogP contribution in [0.25, 0.3) is 0 Å². The number of ketones is 1. The molecule has 0 fully saturated rings. The van der Waals surface area contributed by atoms with Crippen LogP contribution in [-0.4, -0.2) is 29.6 Å². The normalized spacial score (nSPS) is 11.6. The molecule has 2 aromatic carbocycles. The van der Waals surface area contributed by atoms with Crippen LogP contribution in [0.3, 0.4) is 0 Å². The maximum Gasteiger partial charge on any atom is 0.342 e. The van der Waals surface area contributed by atoms with Crippen molar-refractivity contribution in [3.63, 3.8) is 0 Å². The average molecular weight is 328 g/mol. The Hall–Kier alpha value is -2.82. The minimum atomic E-state index is -0.963. The molecular formula is C19H20O5. The molecule has 0 amide bonds. The molecule has 0 bridgehead atoms. The maximum atomic E-state index is 12.4. The molecule has 24 heavy (non-hydrogen) atoms. The highest BCUT2D eigenvalue weighted by molar-refractivity contribution is 6.02. The van der Waals surface area contributed by atoms with Gasteiger partial charge in [-0.3, -0.25) is 4.79 Å². The van der Waals surface area contributed by atoms with E-state index in [0.29, 0.717) is 23.5 Å². The van der Waals surface area contributed by atoms with E-state index in [-0.39, 0.29) is 17.1 Å². The molecule has 0 radical (unpaired) electrons. The summed E-state index contributed by atoms with van der Waals surface area (Å²) in [6, 6.07) is 11.4. The highest BCUT2D eigenvalue weighted by Crippen LogP contribution is 2.23. The first kappa shape index (κ1) is 17.5. The Kier molecular flexibility index (Phi) is 5.58. The Morgan fingerprint density at radius 1 is 1.12 bits per heavy atom. The van der Waals surface area contributed by atoms with Gasteiger partial charge in [-0.25, -0.2) is 4.79 Å². The van der Waals surface area contributed by atoms with E-state index in [1.165, 1.54) is 13.0 Å². The van der Waals surface area contributed by atoms with Gasteiger partial charge in [0, 0.05) is 5.56 Å². The Bertz CT molecular complexity index is 734. The number of phenols is 1. The Morgan fingerprint density at radius 3 is 2.42 bits per heavy atom. The first-order valence-corrected chi connectivity index (χ1v) is 7.70. The summed E-state index contributed by atoms with van der Waals surface area (Å²) in [6.07, 6.45) is -0.963. The zero-order valence-corrected chi connectivity index (χ0v) is 13.9. The van der Waals surface area contributed by atoms with E-state index in [4.69, 9.17) is 9.47 Å². The molecule has 5 nitrogen and oxygen atoms in total. The minimum absolute atomic E-state index is 0.0429. The van der Waals surface area contributed by atoms with Crippen LogP contribution in [0.5, 0.6) is 11.5 Å². The molecule has 0 aliphatic carbocycles. The molecule has 0 saturated heterocycles. The van der Waals surface area contributed by atoms with Gasteiger partial charge in [-0.15, -0.1) is 0 Å². The van der Waals surface area contributed by atoms with Gasteiger partial charge in [0.25, 0.3) is 0 Å². The molecule has 5 heteroatoms. The molecule has 0 aromatic heterocycles. The lowest BCUT2D eigenvalue weighted by molar-refractivity contribution is 0.0316. The van der Waals surface area contributed by atoms with E-state index in [0.717, 1.165) is 0 Å². The topological polar surface area (TPSA) is 72.8 Å². The van der Waals surface area contributed by atoms with Crippen LogP contribution in [-0.2, 0) is 4.74 Å². The second-order valence-electron chi connectivity index (χ2n) is 5.34. The standard InChI is InChI=1S/C19H20O5/c1-4-23-15-10-8-14(9-11-15)18(21)13(3)24-19(22)16-7-5-6-12(2)17(16)20/h5-11,13,20H,4H2,1-3H3/t13-/m1/s1. The fourth-order valence-corrected chi connectivity index (χ4v) is 2.22. The van der Waals surface area contributed by atoms with Crippen molar-refractivity contribution >= 4 is 11.8 Å². The summed E-state index contributed by atoms with van der Waals surface area (Å²) in [4.78, 5) is 24.5. The van der Waals surface area contributed by atoms with Crippen LogP contribution >= 0.6 is 0 Å². The van der Waals surface area contributed by atoms with Crippen LogP contribution < -0.4 is 4.74 Å². The second kappa shape index (κ2) is 7.64. The minimum Gasteiger partial charge on any atom is -0.507 e. The van der Waals surface area contributed by atoms with E-state index >= 15 is 0 Å². The van der Waals surface area contributed by atoms with Crippen LogP contribution in [0.15, 0.2) is 42.5 Å². The number of aromatic hydroxyl groups is 1.